The van der Waals surface area contributed by atoms with Gasteiger partial charge in [-0.2, -0.15) is 0 Å². The highest BCUT2D eigenvalue weighted by molar-refractivity contribution is 5.95. The maximum Gasteiger partial charge on any atom is 0.251 e. The lowest BCUT2D eigenvalue weighted by molar-refractivity contribution is 0.0909. The average molecular weight is 293 g/mol. The Labute approximate surface area is 130 Å². The minimum absolute atomic E-state index is 0.0125. The molecule has 2 bridgehead atoms. The molecule has 4 heteroatoms. The lowest BCUT2D eigenvalue weighted by Gasteiger charge is -2.30. The van der Waals surface area contributed by atoms with Gasteiger partial charge in [-0.25, -0.2) is 0 Å². The Morgan fingerprint density at radius 1 is 1.36 bits per heavy atom. The minimum Gasteiger partial charge on any atom is -0.348 e. The quantitative estimate of drug-likeness (QED) is 0.856. The van der Waals surface area contributed by atoms with Crippen LogP contribution in [0.25, 0.3) is 5.52 Å². The van der Waals surface area contributed by atoms with Crippen molar-refractivity contribution in [3.8, 4) is 12.3 Å². The topological polar surface area (TPSA) is 36.8 Å². The van der Waals surface area contributed by atoms with Crippen LogP contribution >= 0.6 is 0 Å². The Hall–Kier alpha value is -2.25. The van der Waals surface area contributed by atoms with E-state index in [1.54, 1.807) is 0 Å². The molecule has 1 N–H and O–H groups in total. The van der Waals surface area contributed by atoms with Crippen LogP contribution in [0.4, 0.5) is 0 Å². The smallest absolute Gasteiger partial charge is 0.251 e. The molecule has 2 fully saturated rings. The number of hydrogen-bond donors (Lipinski definition) is 1. The first-order valence-electron chi connectivity index (χ1n) is 7.83. The Kier molecular flexibility index (Phi) is 3.16. The predicted octanol–water partition coefficient (Wildman–Crippen LogP) is 1.74. The Balaban J connectivity index is 1.51. The molecule has 4 rings (SSSR count). The number of terminal acetylenes is 1. The molecule has 1 amide bonds. The standard InChI is InChI=1S/C18H19N3O/c1-2-13-8-17-9-15(4-6-21(17)11-13)18(22)19-16-7-14-3-5-20(10-14)12-16/h1,4,6,8-9,11,14,16H,3,5,7,10,12H2,(H,19,22)/t14-,16+/m0/s1. The van der Waals surface area contributed by atoms with Gasteiger partial charge in [-0.1, -0.05) is 5.92 Å². The summed E-state index contributed by atoms with van der Waals surface area (Å²) in [5.41, 5.74) is 2.48. The summed E-state index contributed by atoms with van der Waals surface area (Å²) >= 11 is 0. The molecule has 0 aromatic carbocycles. The SMILES string of the molecule is C#Cc1cc2cc(C(=O)N[C@@H]3C[C@@H]4CCN(C4)C3)ccn2c1. The van der Waals surface area contributed by atoms with E-state index in [0.29, 0.717) is 5.56 Å². The largest absolute Gasteiger partial charge is 0.348 e. The molecule has 0 saturated carbocycles. The summed E-state index contributed by atoms with van der Waals surface area (Å²) in [6.07, 6.45) is 11.6. The second kappa shape index (κ2) is 5.19. The van der Waals surface area contributed by atoms with Crippen LogP contribution in [0.5, 0.6) is 0 Å². The van der Waals surface area contributed by atoms with Crippen molar-refractivity contribution in [1.82, 2.24) is 14.6 Å². The number of amides is 1. The summed E-state index contributed by atoms with van der Waals surface area (Å²) in [5.74, 6) is 3.39. The summed E-state index contributed by atoms with van der Waals surface area (Å²) in [7, 11) is 0. The van der Waals surface area contributed by atoms with E-state index in [9.17, 15) is 4.79 Å². The number of fused-ring (bicyclic) bond motifs is 3. The van der Waals surface area contributed by atoms with E-state index < -0.39 is 0 Å². The third-order valence-electron chi connectivity index (χ3n) is 4.83. The number of pyridine rings is 1. The monoisotopic (exact) mass is 293 g/mol. The van der Waals surface area contributed by atoms with Gasteiger partial charge < -0.3 is 14.6 Å². The zero-order valence-electron chi connectivity index (χ0n) is 12.5. The van der Waals surface area contributed by atoms with Gasteiger partial charge in [-0.15, -0.1) is 6.42 Å². The molecule has 0 spiro atoms. The molecule has 0 aliphatic carbocycles. The molecule has 4 heterocycles. The van der Waals surface area contributed by atoms with Crippen molar-refractivity contribution >= 4 is 11.4 Å². The molecule has 2 saturated heterocycles. The van der Waals surface area contributed by atoms with E-state index >= 15 is 0 Å². The van der Waals surface area contributed by atoms with E-state index in [2.05, 4.69) is 16.1 Å². The molecule has 2 aliphatic rings. The van der Waals surface area contributed by atoms with E-state index in [1.807, 2.05) is 35.0 Å². The van der Waals surface area contributed by atoms with Crippen molar-refractivity contribution in [3.63, 3.8) is 0 Å². The lowest BCUT2D eigenvalue weighted by Crippen LogP contribution is -2.47. The molecule has 2 aromatic rings. The third kappa shape index (κ3) is 2.38. The third-order valence-corrected chi connectivity index (χ3v) is 4.83. The Morgan fingerprint density at radius 2 is 2.27 bits per heavy atom. The van der Waals surface area contributed by atoms with Crippen molar-refractivity contribution in [1.29, 1.82) is 0 Å². The normalized spacial score (nSPS) is 26.8. The van der Waals surface area contributed by atoms with Crippen molar-refractivity contribution < 1.29 is 4.79 Å². The summed E-state index contributed by atoms with van der Waals surface area (Å²) in [4.78, 5) is 14.9. The van der Waals surface area contributed by atoms with E-state index in [-0.39, 0.29) is 11.9 Å². The fourth-order valence-electron chi connectivity index (χ4n) is 3.76. The molecule has 1 unspecified atom stereocenters. The highest BCUT2D eigenvalue weighted by Crippen LogP contribution is 2.26. The van der Waals surface area contributed by atoms with Gasteiger partial charge >= 0.3 is 0 Å². The number of nitrogens with zero attached hydrogens (tertiary/aromatic N) is 2. The molecule has 2 aliphatic heterocycles. The molecular formula is C18H19N3O. The van der Waals surface area contributed by atoms with Gasteiger partial charge in [0.1, 0.15) is 0 Å². The van der Waals surface area contributed by atoms with Gasteiger partial charge in [0.2, 0.25) is 0 Å². The zero-order chi connectivity index (χ0) is 15.1. The number of aromatic nitrogens is 1. The Bertz CT molecular complexity index is 758. The van der Waals surface area contributed by atoms with Crippen LogP contribution in [-0.4, -0.2) is 40.9 Å². The van der Waals surface area contributed by atoms with Crippen molar-refractivity contribution in [2.45, 2.75) is 18.9 Å². The van der Waals surface area contributed by atoms with Crippen molar-refractivity contribution in [2.24, 2.45) is 5.92 Å². The lowest BCUT2D eigenvalue weighted by atomic mass is 9.96. The van der Waals surface area contributed by atoms with Crippen LogP contribution in [0.2, 0.25) is 0 Å². The Morgan fingerprint density at radius 3 is 3.09 bits per heavy atom. The number of carbonyl (C=O) groups is 1. The van der Waals surface area contributed by atoms with Crippen LogP contribution in [0.3, 0.4) is 0 Å². The molecule has 3 atom stereocenters. The zero-order valence-corrected chi connectivity index (χ0v) is 12.5. The fourth-order valence-corrected chi connectivity index (χ4v) is 3.76. The van der Waals surface area contributed by atoms with Crippen LogP contribution in [0.1, 0.15) is 28.8 Å². The first kappa shape index (κ1) is 13.4. The predicted molar refractivity (Wildman–Crippen MR) is 85.8 cm³/mol. The minimum atomic E-state index is 0.0125. The highest BCUT2D eigenvalue weighted by Gasteiger charge is 2.32. The van der Waals surface area contributed by atoms with E-state index in [0.717, 1.165) is 30.0 Å². The van der Waals surface area contributed by atoms with Crippen LogP contribution < -0.4 is 5.32 Å². The average Bonchev–Trinajstić information content (AvgIpc) is 3.09. The van der Waals surface area contributed by atoms with Crippen LogP contribution in [0.15, 0.2) is 30.6 Å². The summed E-state index contributed by atoms with van der Waals surface area (Å²) < 4.78 is 1.94. The number of nitrogens with one attached hydrogen (secondary N) is 1. The maximum absolute atomic E-state index is 12.5. The highest BCUT2D eigenvalue weighted by atomic mass is 16.1. The van der Waals surface area contributed by atoms with E-state index in [4.69, 9.17) is 6.42 Å². The number of piperidine rings is 1. The van der Waals surface area contributed by atoms with Gasteiger partial charge in [-0.05, 0) is 43.5 Å². The number of carbonyl (C=O) groups excluding carboxylic acids is 1. The number of rotatable bonds is 2. The van der Waals surface area contributed by atoms with E-state index in [1.165, 1.54) is 19.5 Å². The second-order valence-electron chi connectivity index (χ2n) is 6.44. The van der Waals surface area contributed by atoms with Crippen LogP contribution in [-0.2, 0) is 0 Å². The van der Waals surface area contributed by atoms with Gasteiger partial charge in [-0.3, -0.25) is 4.79 Å². The molecule has 0 radical (unpaired) electrons. The summed E-state index contributed by atoms with van der Waals surface area (Å²) in [6.45, 7) is 3.37. The molecule has 22 heavy (non-hydrogen) atoms. The van der Waals surface area contributed by atoms with Gasteiger partial charge in [0, 0.05) is 48.2 Å². The van der Waals surface area contributed by atoms with Gasteiger partial charge in [0.05, 0.1) is 0 Å². The van der Waals surface area contributed by atoms with Crippen molar-refractivity contribution in [2.75, 3.05) is 19.6 Å². The molecule has 2 aromatic heterocycles. The first-order chi connectivity index (χ1) is 10.7. The summed E-state index contributed by atoms with van der Waals surface area (Å²) in [5, 5.41) is 3.19. The summed E-state index contributed by atoms with van der Waals surface area (Å²) in [6, 6.07) is 5.94. The maximum atomic E-state index is 12.5. The number of hydrogen-bond acceptors (Lipinski definition) is 2. The molecular weight excluding hydrogens is 274 g/mol. The van der Waals surface area contributed by atoms with Gasteiger partial charge in [0.15, 0.2) is 0 Å². The second-order valence-corrected chi connectivity index (χ2v) is 6.44. The molecule has 112 valence electrons. The van der Waals surface area contributed by atoms with Crippen molar-refractivity contribution in [3.05, 3.63) is 41.7 Å². The van der Waals surface area contributed by atoms with Crippen LogP contribution in [0, 0.1) is 18.3 Å². The fraction of sp³-hybridized carbons (Fsp3) is 0.389. The van der Waals surface area contributed by atoms with Gasteiger partial charge in [0.25, 0.3) is 5.91 Å². The first-order valence-corrected chi connectivity index (χ1v) is 7.83. The molecule has 4 nitrogen and oxygen atoms in total.